The second kappa shape index (κ2) is 17.4. The molecule has 0 N–H and O–H groups in total. The van der Waals surface area contributed by atoms with Crippen molar-refractivity contribution in [1.29, 1.82) is 0 Å². The van der Waals surface area contributed by atoms with Crippen LogP contribution in [0.3, 0.4) is 0 Å². The predicted octanol–water partition coefficient (Wildman–Crippen LogP) is 12.2. The first-order chi connectivity index (χ1) is 22.9. The minimum Gasteiger partial charge on any atom is -0.457 e. The van der Waals surface area contributed by atoms with Crippen LogP contribution in [0.2, 0.25) is 0 Å². The summed E-state index contributed by atoms with van der Waals surface area (Å²) in [5.41, 5.74) is 1.36. The Kier molecular flexibility index (Phi) is 12.8. The molecular weight excluding hydrogens is 619 g/mol. The molecule has 6 heteroatoms. The number of nitrogens with zero attached hydrogens (tertiary/aromatic N) is 1. The highest BCUT2D eigenvalue weighted by molar-refractivity contribution is 7.99. The van der Waals surface area contributed by atoms with Gasteiger partial charge in [-0.2, -0.15) is 0 Å². The van der Waals surface area contributed by atoms with Gasteiger partial charge in [-0.05, 0) is 112 Å². The number of fused-ring (bicyclic) bond motifs is 2. The lowest BCUT2D eigenvalue weighted by Gasteiger charge is -2.10. The normalized spacial score (nSPS) is 11.9. The molecule has 0 aliphatic heterocycles. The van der Waals surface area contributed by atoms with Crippen molar-refractivity contribution >= 4 is 56.4 Å². The summed E-state index contributed by atoms with van der Waals surface area (Å²) in [5.74, 6) is 3.27. The minimum absolute atomic E-state index is 0.411. The van der Waals surface area contributed by atoms with Crippen LogP contribution in [-0.2, 0) is 6.42 Å². The number of ether oxygens (including phenoxy) is 2. The lowest BCUT2D eigenvalue weighted by Crippen LogP contribution is -2.09. The summed E-state index contributed by atoms with van der Waals surface area (Å²) in [5, 5.41) is 4.28. The van der Waals surface area contributed by atoms with Crippen molar-refractivity contribution < 1.29 is 14.3 Å². The van der Waals surface area contributed by atoms with Crippen molar-refractivity contribution in [3.8, 4) is 17.2 Å². The molecule has 1 heterocycles. The zero-order valence-corrected chi connectivity index (χ0v) is 29.4. The highest BCUT2D eigenvalue weighted by Crippen LogP contribution is 2.31. The minimum atomic E-state index is -0.422. The Morgan fingerprint density at radius 2 is 1.40 bits per heavy atom. The molecule has 1 aromatic heterocycles. The first-order valence-corrected chi connectivity index (χ1v) is 18.4. The second-order valence-electron chi connectivity index (χ2n) is 12.4. The Balaban J connectivity index is 1.15. The Bertz CT molecular complexity index is 1800. The molecule has 0 spiro atoms. The zero-order valence-electron chi connectivity index (χ0n) is 27.8. The van der Waals surface area contributed by atoms with Crippen molar-refractivity contribution in [3.05, 3.63) is 102 Å². The number of aromatic nitrogens is 1. The smallest absolute Gasteiger partial charge is 0.343 e. The number of thiocarbonyl (C=S) groups is 1. The van der Waals surface area contributed by atoms with E-state index in [0.717, 1.165) is 51.1 Å². The Hall–Kier alpha value is -3.74. The summed E-state index contributed by atoms with van der Waals surface area (Å²) >= 11 is 7.48. The molecule has 47 heavy (non-hydrogen) atoms. The van der Waals surface area contributed by atoms with Gasteiger partial charge in [-0.15, -0.1) is 11.8 Å². The number of thioether (sulfide) groups is 1. The molecule has 1 atom stereocenters. The standard InChI is InChI=1S/C41H45NO3S2/c1-4-6-7-8-9-10-21-47-40-20-15-32-25-37(18-14-33(32)26-40)44-36-17-13-30-23-34(12-11-31(30)24-36)41(43)45-38-19-16-35(42-28-38)27-39(46)22-29(3)5-2/h11-20,23-26,28-29H,4-10,21-22,27H2,1-3H3. The molecule has 4 nitrogen and oxygen atoms in total. The Morgan fingerprint density at radius 3 is 2.11 bits per heavy atom. The molecule has 5 rings (SSSR count). The van der Waals surface area contributed by atoms with Gasteiger partial charge in [-0.1, -0.05) is 95.8 Å². The molecule has 0 saturated heterocycles. The van der Waals surface area contributed by atoms with E-state index in [1.54, 1.807) is 18.3 Å². The summed E-state index contributed by atoms with van der Waals surface area (Å²) < 4.78 is 11.9. The van der Waals surface area contributed by atoms with Crippen molar-refractivity contribution in [1.82, 2.24) is 4.98 Å². The molecule has 0 saturated carbocycles. The van der Waals surface area contributed by atoms with Gasteiger partial charge >= 0.3 is 5.97 Å². The van der Waals surface area contributed by atoms with E-state index in [9.17, 15) is 4.79 Å². The maximum absolute atomic E-state index is 12.9. The predicted molar refractivity (Wildman–Crippen MR) is 202 cm³/mol. The average molecular weight is 664 g/mol. The number of benzene rings is 4. The molecule has 4 aromatic carbocycles. The lowest BCUT2D eigenvalue weighted by atomic mass is 10.0. The van der Waals surface area contributed by atoms with E-state index in [1.165, 1.54) is 54.6 Å². The van der Waals surface area contributed by atoms with E-state index in [4.69, 9.17) is 21.7 Å². The van der Waals surface area contributed by atoms with Crippen molar-refractivity contribution in [2.75, 3.05) is 5.75 Å². The van der Waals surface area contributed by atoms with Gasteiger partial charge in [0.2, 0.25) is 0 Å². The highest BCUT2D eigenvalue weighted by atomic mass is 32.2. The number of carbonyl (C=O) groups excluding carboxylic acids is 1. The number of pyridine rings is 1. The van der Waals surface area contributed by atoms with E-state index in [-0.39, 0.29) is 0 Å². The van der Waals surface area contributed by atoms with E-state index < -0.39 is 5.97 Å². The zero-order chi connectivity index (χ0) is 33.0. The van der Waals surface area contributed by atoms with Gasteiger partial charge in [0.15, 0.2) is 0 Å². The van der Waals surface area contributed by atoms with Crippen LogP contribution in [0, 0.1) is 5.92 Å². The maximum atomic E-state index is 12.9. The van der Waals surface area contributed by atoms with Gasteiger partial charge in [0, 0.05) is 17.0 Å². The molecule has 244 valence electrons. The van der Waals surface area contributed by atoms with Crippen LogP contribution >= 0.6 is 24.0 Å². The average Bonchev–Trinajstić information content (AvgIpc) is 3.08. The first kappa shape index (κ1) is 34.6. The van der Waals surface area contributed by atoms with Crippen molar-refractivity contribution in [2.45, 2.75) is 83.5 Å². The largest absolute Gasteiger partial charge is 0.457 e. The van der Waals surface area contributed by atoms with Gasteiger partial charge in [-0.3, -0.25) is 4.98 Å². The van der Waals surface area contributed by atoms with Crippen LogP contribution in [0.15, 0.2) is 96.0 Å². The molecule has 5 aromatic rings. The topological polar surface area (TPSA) is 48.4 Å². The fourth-order valence-corrected chi connectivity index (χ4v) is 6.92. The molecule has 1 unspecified atom stereocenters. The van der Waals surface area contributed by atoms with Crippen molar-refractivity contribution in [3.63, 3.8) is 0 Å². The summed E-state index contributed by atoms with van der Waals surface area (Å²) in [6.45, 7) is 6.64. The van der Waals surface area contributed by atoms with E-state index in [1.807, 2.05) is 54.2 Å². The van der Waals surface area contributed by atoms with E-state index in [0.29, 0.717) is 23.7 Å². The third-order valence-corrected chi connectivity index (χ3v) is 9.88. The van der Waals surface area contributed by atoms with Gasteiger partial charge < -0.3 is 9.47 Å². The molecule has 0 bridgehead atoms. The van der Waals surface area contributed by atoms with Crippen LogP contribution in [0.1, 0.15) is 88.2 Å². The first-order valence-electron chi connectivity index (χ1n) is 17.0. The quantitative estimate of drug-likeness (QED) is 0.0427. The van der Waals surface area contributed by atoms with Crippen LogP contribution in [0.4, 0.5) is 0 Å². The van der Waals surface area contributed by atoms with Crippen LogP contribution in [0.25, 0.3) is 21.5 Å². The third-order valence-electron chi connectivity index (χ3n) is 8.49. The van der Waals surface area contributed by atoms with Gasteiger partial charge in [-0.25, -0.2) is 4.79 Å². The number of esters is 1. The highest BCUT2D eigenvalue weighted by Gasteiger charge is 2.12. The number of rotatable bonds is 17. The summed E-state index contributed by atoms with van der Waals surface area (Å²) in [6, 6.07) is 28.0. The van der Waals surface area contributed by atoms with E-state index >= 15 is 0 Å². The van der Waals surface area contributed by atoms with Crippen LogP contribution in [0.5, 0.6) is 17.2 Å². The monoisotopic (exact) mass is 663 g/mol. The summed E-state index contributed by atoms with van der Waals surface area (Å²) in [4.78, 5) is 19.7. The molecule has 0 amide bonds. The van der Waals surface area contributed by atoms with Crippen LogP contribution < -0.4 is 9.47 Å². The lowest BCUT2D eigenvalue weighted by molar-refractivity contribution is 0.0734. The Morgan fingerprint density at radius 1 is 0.766 bits per heavy atom. The Labute approximate surface area is 289 Å². The number of carbonyl (C=O) groups is 1. The second-order valence-corrected chi connectivity index (χ2v) is 14.2. The maximum Gasteiger partial charge on any atom is 0.343 e. The molecule has 0 fully saturated rings. The SMILES string of the molecule is CCCCCCCCSc1ccc2cc(Oc3ccc4cc(C(=O)Oc5ccc(CC(=S)CC(C)CC)nc5)ccc4c3)ccc2c1. The summed E-state index contributed by atoms with van der Waals surface area (Å²) in [7, 11) is 0. The molecular formula is C41H45NO3S2. The van der Waals surface area contributed by atoms with Gasteiger partial charge in [0.1, 0.15) is 17.2 Å². The number of hydrogen-bond acceptors (Lipinski definition) is 6. The fraction of sp³-hybridized carbons (Fsp3) is 0.341. The number of unbranched alkanes of at least 4 members (excludes halogenated alkanes) is 5. The molecule has 0 radical (unpaired) electrons. The molecule has 0 aliphatic rings. The van der Waals surface area contributed by atoms with E-state index in [2.05, 4.69) is 56.1 Å². The fourth-order valence-electron chi connectivity index (χ4n) is 5.53. The summed E-state index contributed by atoms with van der Waals surface area (Å²) in [6.07, 6.45) is 12.2. The molecule has 0 aliphatic carbocycles. The van der Waals surface area contributed by atoms with Gasteiger partial charge in [0.05, 0.1) is 11.8 Å². The van der Waals surface area contributed by atoms with Crippen LogP contribution in [-0.4, -0.2) is 21.6 Å². The van der Waals surface area contributed by atoms with Gasteiger partial charge in [0.25, 0.3) is 0 Å². The third kappa shape index (κ3) is 10.4. The number of hydrogen-bond donors (Lipinski definition) is 0. The van der Waals surface area contributed by atoms with Crippen molar-refractivity contribution in [2.24, 2.45) is 5.92 Å².